The summed E-state index contributed by atoms with van der Waals surface area (Å²) in [7, 11) is 0. The summed E-state index contributed by atoms with van der Waals surface area (Å²) in [6, 6.07) is 19.7. The van der Waals surface area contributed by atoms with E-state index in [1.54, 1.807) is 31.2 Å². The molecule has 1 atom stereocenters. The molecular weight excluding hydrogens is 523 g/mol. The number of para-hydroxylation sites is 1. The van der Waals surface area contributed by atoms with Gasteiger partial charge in [-0.15, -0.1) is 0 Å². The summed E-state index contributed by atoms with van der Waals surface area (Å²) in [6.45, 7) is 9.49. The Morgan fingerprint density at radius 2 is 1.60 bits per heavy atom. The first-order valence-corrected chi connectivity index (χ1v) is 13.8. The Balaban J connectivity index is 1.65. The predicted molar refractivity (Wildman–Crippen MR) is 159 cm³/mol. The number of thioether (sulfide) groups is 1. The number of anilines is 2. The van der Waals surface area contributed by atoms with E-state index in [0.717, 1.165) is 39.7 Å². The number of aryl methyl sites for hydroxylation is 4. The lowest BCUT2D eigenvalue weighted by Crippen LogP contribution is -2.31. The molecule has 4 rings (SSSR count). The standard InChI is InChI=1S/C32H31FN4O2S/c1-18-14-20(3)30(21(4)15-18)37-27(38)17-40-32-24(16-34)29(23-11-7-8-12-25(23)33)28(22(5)35-32)31(39)36-26-13-9-6-10-19(26)2/h6-15,29,35H,17H2,1-5H3,(H,36,39)(H,37,38)/t29-/m1/s1. The quantitative estimate of drug-likeness (QED) is 0.300. The molecule has 3 aromatic rings. The topological polar surface area (TPSA) is 94.0 Å². The molecule has 0 bridgehead atoms. The molecule has 0 saturated heterocycles. The Morgan fingerprint density at radius 1 is 0.950 bits per heavy atom. The zero-order chi connectivity index (χ0) is 29.0. The summed E-state index contributed by atoms with van der Waals surface area (Å²) in [5.74, 6) is -2.14. The number of nitrogens with one attached hydrogen (secondary N) is 3. The highest BCUT2D eigenvalue weighted by molar-refractivity contribution is 8.03. The van der Waals surface area contributed by atoms with Crippen LogP contribution in [0.5, 0.6) is 0 Å². The lowest BCUT2D eigenvalue weighted by atomic mass is 9.82. The molecule has 6 nitrogen and oxygen atoms in total. The van der Waals surface area contributed by atoms with Crippen LogP contribution in [0.25, 0.3) is 0 Å². The lowest BCUT2D eigenvalue weighted by Gasteiger charge is -2.30. The van der Waals surface area contributed by atoms with Crippen molar-refractivity contribution < 1.29 is 14.0 Å². The third-order valence-electron chi connectivity index (χ3n) is 6.79. The van der Waals surface area contributed by atoms with Crippen LogP contribution in [0.15, 0.2) is 82.5 Å². The molecule has 0 fully saturated rings. The number of nitrogens with zero attached hydrogens (tertiary/aromatic N) is 1. The maximum Gasteiger partial charge on any atom is 0.254 e. The highest BCUT2D eigenvalue weighted by Crippen LogP contribution is 2.42. The largest absolute Gasteiger partial charge is 0.353 e. The van der Waals surface area contributed by atoms with Crippen molar-refractivity contribution >= 4 is 35.0 Å². The van der Waals surface area contributed by atoms with Crippen molar-refractivity contribution in [1.82, 2.24) is 5.32 Å². The fourth-order valence-electron chi connectivity index (χ4n) is 4.94. The third kappa shape index (κ3) is 6.11. The van der Waals surface area contributed by atoms with E-state index in [1.807, 2.05) is 58.0 Å². The van der Waals surface area contributed by atoms with E-state index in [1.165, 1.54) is 6.07 Å². The van der Waals surface area contributed by atoms with Gasteiger partial charge in [-0.05, 0) is 63.4 Å². The molecular formula is C32H31FN4O2S. The van der Waals surface area contributed by atoms with Gasteiger partial charge in [0.15, 0.2) is 0 Å². The number of dihydropyridines is 1. The minimum absolute atomic E-state index is 0.0162. The second-order valence-electron chi connectivity index (χ2n) is 9.85. The highest BCUT2D eigenvalue weighted by atomic mass is 32.2. The number of hydrogen-bond donors (Lipinski definition) is 3. The lowest BCUT2D eigenvalue weighted by molar-refractivity contribution is -0.114. The van der Waals surface area contributed by atoms with E-state index in [-0.39, 0.29) is 28.4 Å². The summed E-state index contributed by atoms with van der Waals surface area (Å²) in [6.07, 6.45) is 0. The van der Waals surface area contributed by atoms with Gasteiger partial charge in [0.2, 0.25) is 5.91 Å². The smallest absolute Gasteiger partial charge is 0.254 e. The molecule has 0 spiro atoms. The minimum Gasteiger partial charge on any atom is -0.353 e. The maximum absolute atomic E-state index is 15.1. The van der Waals surface area contributed by atoms with Crippen LogP contribution >= 0.6 is 11.8 Å². The number of carbonyl (C=O) groups is 2. The first-order chi connectivity index (χ1) is 19.1. The van der Waals surface area contributed by atoms with Crippen LogP contribution in [0.3, 0.4) is 0 Å². The fraction of sp³-hybridized carbons (Fsp3) is 0.219. The van der Waals surface area contributed by atoms with Gasteiger partial charge in [-0.1, -0.05) is 65.9 Å². The Bertz CT molecular complexity index is 1580. The van der Waals surface area contributed by atoms with Crippen molar-refractivity contribution in [1.29, 1.82) is 5.26 Å². The van der Waals surface area contributed by atoms with Crippen LogP contribution < -0.4 is 16.0 Å². The highest BCUT2D eigenvalue weighted by Gasteiger charge is 2.36. The van der Waals surface area contributed by atoms with E-state index in [0.29, 0.717) is 16.4 Å². The molecule has 3 N–H and O–H groups in total. The van der Waals surface area contributed by atoms with Crippen molar-refractivity contribution in [2.24, 2.45) is 0 Å². The number of hydrogen-bond acceptors (Lipinski definition) is 5. The molecule has 40 heavy (non-hydrogen) atoms. The second kappa shape index (κ2) is 12.2. The molecule has 1 aliphatic heterocycles. The van der Waals surface area contributed by atoms with Gasteiger partial charge in [0.25, 0.3) is 5.91 Å². The van der Waals surface area contributed by atoms with Crippen molar-refractivity contribution in [3.05, 3.63) is 116 Å². The average Bonchev–Trinajstić information content (AvgIpc) is 2.90. The van der Waals surface area contributed by atoms with Crippen LogP contribution in [-0.2, 0) is 9.59 Å². The predicted octanol–water partition coefficient (Wildman–Crippen LogP) is 6.77. The van der Waals surface area contributed by atoms with E-state index in [9.17, 15) is 14.9 Å². The van der Waals surface area contributed by atoms with Gasteiger partial charge >= 0.3 is 0 Å². The van der Waals surface area contributed by atoms with Gasteiger partial charge in [-0.25, -0.2) is 4.39 Å². The summed E-state index contributed by atoms with van der Waals surface area (Å²) in [5, 5.41) is 19.7. The molecule has 2 amide bonds. The molecule has 8 heteroatoms. The van der Waals surface area contributed by atoms with E-state index >= 15 is 4.39 Å². The van der Waals surface area contributed by atoms with Gasteiger partial charge in [0, 0.05) is 28.2 Å². The normalized spacial score (nSPS) is 14.9. The van der Waals surface area contributed by atoms with Crippen molar-refractivity contribution in [2.45, 2.75) is 40.5 Å². The number of amides is 2. The Hall–Kier alpha value is -4.35. The molecule has 0 aliphatic carbocycles. The zero-order valence-electron chi connectivity index (χ0n) is 23.1. The number of rotatable bonds is 7. The molecule has 0 unspecified atom stereocenters. The minimum atomic E-state index is -0.955. The van der Waals surface area contributed by atoms with Gasteiger partial charge in [0.05, 0.1) is 28.3 Å². The first-order valence-electron chi connectivity index (χ1n) is 12.8. The van der Waals surface area contributed by atoms with Gasteiger partial charge < -0.3 is 16.0 Å². The summed E-state index contributed by atoms with van der Waals surface area (Å²) in [4.78, 5) is 26.5. The molecule has 0 radical (unpaired) electrons. The fourth-order valence-corrected chi connectivity index (χ4v) is 5.83. The van der Waals surface area contributed by atoms with Crippen LogP contribution in [-0.4, -0.2) is 17.6 Å². The number of nitriles is 1. The first kappa shape index (κ1) is 28.7. The summed E-state index contributed by atoms with van der Waals surface area (Å²) in [5.41, 5.74) is 6.40. The Labute approximate surface area is 238 Å². The van der Waals surface area contributed by atoms with Crippen molar-refractivity contribution in [3.63, 3.8) is 0 Å². The van der Waals surface area contributed by atoms with E-state index < -0.39 is 17.6 Å². The van der Waals surface area contributed by atoms with Crippen molar-refractivity contribution in [2.75, 3.05) is 16.4 Å². The van der Waals surface area contributed by atoms with Crippen LogP contribution in [0.1, 0.15) is 40.7 Å². The molecule has 0 aromatic heterocycles. The summed E-state index contributed by atoms with van der Waals surface area (Å²) < 4.78 is 15.1. The third-order valence-corrected chi connectivity index (χ3v) is 7.81. The molecule has 3 aromatic carbocycles. The molecule has 204 valence electrons. The van der Waals surface area contributed by atoms with Gasteiger partial charge in [0.1, 0.15) is 5.82 Å². The van der Waals surface area contributed by atoms with E-state index in [2.05, 4.69) is 22.0 Å². The number of benzene rings is 3. The van der Waals surface area contributed by atoms with Crippen LogP contribution in [0, 0.1) is 44.8 Å². The molecule has 0 saturated carbocycles. The second-order valence-corrected chi connectivity index (χ2v) is 10.8. The van der Waals surface area contributed by atoms with E-state index in [4.69, 9.17) is 0 Å². The van der Waals surface area contributed by atoms with Gasteiger partial charge in [-0.2, -0.15) is 5.26 Å². The number of allylic oxidation sites excluding steroid dienone is 2. The number of halogens is 1. The zero-order valence-corrected chi connectivity index (χ0v) is 23.9. The van der Waals surface area contributed by atoms with Gasteiger partial charge in [-0.3, -0.25) is 9.59 Å². The monoisotopic (exact) mass is 554 g/mol. The molecule has 1 aliphatic rings. The maximum atomic E-state index is 15.1. The number of carbonyl (C=O) groups excluding carboxylic acids is 2. The SMILES string of the molecule is CC1=C(C(=O)Nc2ccccc2C)[C@H](c2ccccc2F)C(C#N)=C(SCC(=O)Nc2c(C)cc(C)cc2C)N1. The Morgan fingerprint density at radius 3 is 2.25 bits per heavy atom. The summed E-state index contributed by atoms with van der Waals surface area (Å²) >= 11 is 1.15. The van der Waals surface area contributed by atoms with Crippen LogP contribution in [0.2, 0.25) is 0 Å². The van der Waals surface area contributed by atoms with Crippen molar-refractivity contribution in [3.8, 4) is 6.07 Å². The molecule has 1 heterocycles. The van der Waals surface area contributed by atoms with Crippen LogP contribution in [0.4, 0.5) is 15.8 Å². The average molecular weight is 555 g/mol. The Kier molecular flexibility index (Phi) is 8.76.